The number of hydrogen-bond donors (Lipinski definition) is 1. The second-order valence-corrected chi connectivity index (χ2v) is 4.68. The Morgan fingerprint density at radius 3 is 2.83 bits per heavy atom. The van der Waals surface area contributed by atoms with Crippen molar-refractivity contribution in [1.82, 2.24) is 4.90 Å². The Bertz CT molecular complexity index is 378. The van der Waals surface area contributed by atoms with E-state index in [1.165, 1.54) is 39.1 Å². The Kier molecular flexibility index (Phi) is 4.81. The van der Waals surface area contributed by atoms with E-state index < -0.39 is 0 Å². The number of anilines is 1. The molecule has 2 rings (SSSR count). The largest absolute Gasteiger partial charge is 0.494 e. The molecule has 1 fully saturated rings. The third kappa shape index (κ3) is 3.60. The van der Waals surface area contributed by atoms with Gasteiger partial charge in [-0.2, -0.15) is 0 Å². The zero-order valence-corrected chi connectivity index (χ0v) is 10.9. The van der Waals surface area contributed by atoms with Gasteiger partial charge in [-0.15, -0.1) is 0 Å². The molecule has 3 nitrogen and oxygen atoms in total. The summed E-state index contributed by atoms with van der Waals surface area (Å²) in [6.45, 7) is 4.53. The number of methoxy groups -OCH3 is 1. The standard InChI is InChI=1S/C14H21FN2O/c1-18-14-11-12(5-6-13(14)15)16-7-4-10-17-8-2-3-9-17/h5-6,11,16H,2-4,7-10H2,1H3. The molecule has 1 saturated heterocycles. The minimum Gasteiger partial charge on any atom is -0.494 e. The van der Waals surface area contributed by atoms with Crippen LogP contribution in [0.4, 0.5) is 10.1 Å². The molecule has 0 aromatic heterocycles. The van der Waals surface area contributed by atoms with Gasteiger partial charge in [-0.25, -0.2) is 4.39 Å². The van der Waals surface area contributed by atoms with Crippen LogP contribution in [0.25, 0.3) is 0 Å². The van der Waals surface area contributed by atoms with Crippen LogP contribution in [0.5, 0.6) is 5.75 Å². The highest BCUT2D eigenvalue weighted by atomic mass is 19.1. The summed E-state index contributed by atoms with van der Waals surface area (Å²) in [7, 11) is 1.48. The van der Waals surface area contributed by atoms with E-state index in [2.05, 4.69) is 10.2 Å². The molecule has 1 heterocycles. The summed E-state index contributed by atoms with van der Waals surface area (Å²) in [5.74, 6) is -0.0281. The molecule has 1 aromatic rings. The van der Waals surface area contributed by atoms with Crippen LogP contribution in [0.15, 0.2) is 18.2 Å². The van der Waals surface area contributed by atoms with Gasteiger partial charge in [0.25, 0.3) is 0 Å². The maximum absolute atomic E-state index is 13.2. The minimum atomic E-state index is -0.319. The van der Waals surface area contributed by atoms with E-state index in [0.717, 1.165) is 25.2 Å². The fraction of sp³-hybridized carbons (Fsp3) is 0.571. The first-order valence-electron chi connectivity index (χ1n) is 6.59. The molecule has 0 aliphatic carbocycles. The Balaban J connectivity index is 1.72. The van der Waals surface area contributed by atoms with Gasteiger partial charge in [0.1, 0.15) is 0 Å². The second kappa shape index (κ2) is 6.59. The van der Waals surface area contributed by atoms with Crippen molar-refractivity contribution in [2.45, 2.75) is 19.3 Å². The van der Waals surface area contributed by atoms with Crippen molar-refractivity contribution in [2.24, 2.45) is 0 Å². The Morgan fingerprint density at radius 1 is 1.33 bits per heavy atom. The van der Waals surface area contributed by atoms with Crippen LogP contribution in [-0.2, 0) is 0 Å². The topological polar surface area (TPSA) is 24.5 Å². The monoisotopic (exact) mass is 252 g/mol. The maximum atomic E-state index is 13.2. The molecule has 1 aliphatic rings. The smallest absolute Gasteiger partial charge is 0.165 e. The second-order valence-electron chi connectivity index (χ2n) is 4.68. The third-order valence-corrected chi connectivity index (χ3v) is 3.33. The molecule has 1 aromatic carbocycles. The highest BCUT2D eigenvalue weighted by Gasteiger charge is 2.10. The van der Waals surface area contributed by atoms with Gasteiger partial charge in [-0.1, -0.05) is 0 Å². The van der Waals surface area contributed by atoms with Crippen molar-refractivity contribution in [3.63, 3.8) is 0 Å². The zero-order chi connectivity index (χ0) is 12.8. The lowest BCUT2D eigenvalue weighted by Gasteiger charge is -2.15. The third-order valence-electron chi connectivity index (χ3n) is 3.33. The van der Waals surface area contributed by atoms with E-state index >= 15 is 0 Å². The van der Waals surface area contributed by atoms with Crippen LogP contribution in [-0.4, -0.2) is 38.2 Å². The van der Waals surface area contributed by atoms with Crippen molar-refractivity contribution in [1.29, 1.82) is 0 Å². The van der Waals surface area contributed by atoms with Gasteiger partial charge in [0, 0.05) is 18.3 Å². The molecule has 0 spiro atoms. The molecular formula is C14H21FN2O. The number of benzene rings is 1. The number of ether oxygens (including phenoxy) is 1. The first-order valence-corrected chi connectivity index (χ1v) is 6.59. The fourth-order valence-corrected chi connectivity index (χ4v) is 2.31. The number of hydrogen-bond acceptors (Lipinski definition) is 3. The van der Waals surface area contributed by atoms with Crippen LogP contribution < -0.4 is 10.1 Å². The normalized spacial score (nSPS) is 15.9. The van der Waals surface area contributed by atoms with E-state index in [0.29, 0.717) is 5.75 Å². The average molecular weight is 252 g/mol. The van der Waals surface area contributed by atoms with Gasteiger partial charge in [-0.3, -0.25) is 0 Å². The van der Waals surface area contributed by atoms with E-state index in [9.17, 15) is 4.39 Å². The van der Waals surface area contributed by atoms with Crippen LogP contribution >= 0.6 is 0 Å². The van der Waals surface area contributed by atoms with Crippen molar-refractivity contribution in [2.75, 3.05) is 38.6 Å². The van der Waals surface area contributed by atoms with Gasteiger partial charge >= 0.3 is 0 Å². The summed E-state index contributed by atoms with van der Waals surface area (Å²) in [4.78, 5) is 2.49. The van der Waals surface area contributed by atoms with Crippen LogP contribution in [0.3, 0.4) is 0 Å². The lowest BCUT2D eigenvalue weighted by molar-refractivity contribution is 0.337. The predicted octanol–water partition coefficient (Wildman–Crippen LogP) is 2.73. The molecule has 0 atom stereocenters. The molecule has 18 heavy (non-hydrogen) atoms. The van der Waals surface area contributed by atoms with Gasteiger partial charge in [0.2, 0.25) is 0 Å². The van der Waals surface area contributed by atoms with Gasteiger partial charge in [-0.05, 0) is 51.0 Å². The Labute approximate surface area is 108 Å². The summed E-state index contributed by atoms with van der Waals surface area (Å²) in [5, 5.41) is 3.30. The molecule has 100 valence electrons. The zero-order valence-electron chi connectivity index (χ0n) is 10.9. The summed E-state index contributed by atoms with van der Waals surface area (Å²) < 4.78 is 18.2. The SMILES string of the molecule is COc1cc(NCCCN2CCCC2)ccc1F. The summed E-state index contributed by atoms with van der Waals surface area (Å²) in [5.41, 5.74) is 0.912. The summed E-state index contributed by atoms with van der Waals surface area (Å²) >= 11 is 0. The lowest BCUT2D eigenvalue weighted by atomic mass is 10.2. The van der Waals surface area contributed by atoms with Gasteiger partial charge in [0.15, 0.2) is 11.6 Å². The first-order chi connectivity index (χ1) is 8.79. The molecule has 0 saturated carbocycles. The number of nitrogens with zero attached hydrogens (tertiary/aromatic N) is 1. The minimum absolute atomic E-state index is 0.291. The Morgan fingerprint density at radius 2 is 2.11 bits per heavy atom. The number of halogens is 1. The Hall–Kier alpha value is -1.29. The van der Waals surface area contributed by atoms with Gasteiger partial charge in [0.05, 0.1) is 7.11 Å². The van der Waals surface area contributed by atoms with Crippen LogP contribution in [0.1, 0.15) is 19.3 Å². The van der Waals surface area contributed by atoms with Crippen molar-refractivity contribution in [3.05, 3.63) is 24.0 Å². The van der Waals surface area contributed by atoms with Crippen molar-refractivity contribution < 1.29 is 9.13 Å². The molecule has 1 aliphatic heterocycles. The van der Waals surface area contributed by atoms with Crippen molar-refractivity contribution in [3.8, 4) is 5.75 Å². The predicted molar refractivity (Wildman–Crippen MR) is 71.7 cm³/mol. The van der Waals surface area contributed by atoms with E-state index in [1.54, 1.807) is 12.1 Å². The van der Waals surface area contributed by atoms with Crippen LogP contribution in [0, 0.1) is 5.82 Å². The molecule has 0 unspecified atom stereocenters. The summed E-state index contributed by atoms with van der Waals surface area (Å²) in [6, 6.07) is 4.88. The summed E-state index contributed by atoms with van der Waals surface area (Å²) in [6.07, 6.45) is 3.78. The molecule has 0 radical (unpaired) electrons. The van der Waals surface area contributed by atoms with E-state index in [1.807, 2.05) is 0 Å². The van der Waals surface area contributed by atoms with E-state index in [-0.39, 0.29) is 5.82 Å². The molecule has 0 amide bonds. The highest BCUT2D eigenvalue weighted by molar-refractivity contribution is 5.48. The number of nitrogens with one attached hydrogen (secondary N) is 1. The first kappa shape index (κ1) is 13.1. The van der Waals surface area contributed by atoms with Crippen molar-refractivity contribution >= 4 is 5.69 Å². The molecule has 0 bridgehead atoms. The van der Waals surface area contributed by atoms with E-state index in [4.69, 9.17) is 4.74 Å². The molecular weight excluding hydrogens is 231 g/mol. The average Bonchev–Trinajstić information content (AvgIpc) is 2.89. The fourth-order valence-electron chi connectivity index (χ4n) is 2.31. The van der Waals surface area contributed by atoms with Crippen LogP contribution in [0.2, 0.25) is 0 Å². The lowest BCUT2D eigenvalue weighted by Crippen LogP contribution is -2.22. The molecule has 1 N–H and O–H groups in total. The van der Waals surface area contributed by atoms with Gasteiger partial charge < -0.3 is 15.0 Å². The quantitative estimate of drug-likeness (QED) is 0.788. The highest BCUT2D eigenvalue weighted by Crippen LogP contribution is 2.21. The number of rotatable bonds is 6. The maximum Gasteiger partial charge on any atom is 0.165 e. The number of likely N-dealkylation sites (tertiary alicyclic amines) is 1. The molecule has 4 heteroatoms.